The minimum absolute atomic E-state index is 0.616. The Balaban J connectivity index is 1.21. The topological polar surface area (TPSA) is 34.2 Å². The van der Waals surface area contributed by atoms with Crippen molar-refractivity contribution in [1.29, 1.82) is 0 Å². The number of thiophene rings is 1. The van der Waals surface area contributed by atoms with E-state index in [0.717, 1.165) is 55.7 Å². The molecule has 8 aromatic carbocycles. The number of rotatable bonds is 5. The Kier molecular flexibility index (Phi) is 6.39. The van der Waals surface area contributed by atoms with E-state index in [0.29, 0.717) is 5.89 Å². The van der Waals surface area contributed by atoms with E-state index in [2.05, 4.69) is 155 Å². The highest BCUT2D eigenvalue weighted by molar-refractivity contribution is 7.25. The average Bonchev–Trinajstić information content (AvgIpc) is 3.90. The Morgan fingerprint density at radius 2 is 1.10 bits per heavy atom. The van der Waals surface area contributed by atoms with Gasteiger partial charge in [0.05, 0.1) is 16.7 Å². The molecule has 11 rings (SSSR count). The Morgan fingerprint density at radius 3 is 1.92 bits per heavy atom. The fourth-order valence-electron chi connectivity index (χ4n) is 7.86. The van der Waals surface area contributed by atoms with E-state index >= 15 is 0 Å². The molecule has 0 saturated heterocycles. The molecule has 0 radical (unpaired) electrons. The first-order chi connectivity index (χ1) is 25.8. The van der Waals surface area contributed by atoms with Crippen LogP contribution in [0.2, 0.25) is 0 Å². The van der Waals surface area contributed by atoms with Gasteiger partial charge in [-0.05, 0) is 60.7 Å². The molecular formula is C47H29N3OS. The molecule has 0 aliphatic rings. The lowest BCUT2D eigenvalue weighted by Gasteiger charge is -2.27. The van der Waals surface area contributed by atoms with E-state index in [1.165, 1.54) is 36.5 Å². The standard InChI is InChI=1S/C47H29N3OS/c1-3-13-30(14-4-1)47-48-46-39-20-8-7-18-35(39)42(29-43(46)51-47)49(33-24-26-38-37-19-10-12-22-44(37)52-45(38)28-33)32-23-25-36-34-17-9-11-21-40(34)50(41(36)27-32)31-15-5-2-6-16-31/h1-29H. The van der Waals surface area contributed by atoms with Gasteiger partial charge in [-0.2, -0.15) is 0 Å². The second-order valence-electron chi connectivity index (χ2n) is 13.2. The molecule has 244 valence electrons. The summed E-state index contributed by atoms with van der Waals surface area (Å²) in [7, 11) is 0. The number of aromatic nitrogens is 2. The van der Waals surface area contributed by atoms with Gasteiger partial charge < -0.3 is 13.9 Å². The first-order valence-corrected chi connectivity index (χ1v) is 18.3. The molecule has 5 heteroatoms. The molecule has 4 nitrogen and oxygen atoms in total. The Morgan fingerprint density at radius 1 is 0.481 bits per heavy atom. The third-order valence-electron chi connectivity index (χ3n) is 10.2. The number of para-hydroxylation sites is 2. The quantitative estimate of drug-likeness (QED) is 0.181. The molecule has 0 unspecified atom stereocenters. The summed E-state index contributed by atoms with van der Waals surface area (Å²) < 4.78 is 11.5. The molecule has 0 fully saturated rings. The van der Waals surface area contributed by atoms with Gasteiger partial charge in [-0.1, -0.05) is 109 Å². The van der Waals surface area contributed by atoms with Crippen molar-refractivity contribution >= 4 is 92.2 Å². The molecule has 11 aromatic rings. The highest BCUT2D eigenvalue weighted by Crippen LogP contribution is 2.46. The van der Waals surface area contributed by atoms with Crippen LogP contribution in [0.4, 0.5) is 17.1 Å². The average molecular weight is 684 g/mol. The van der Waals surface area contributed by atoms with Crippen LogP contribution in [-0.2, 0) is 0 Å². The normalized spacial score (nSPS) is 11.8. The predicted molar refractivity (Wildman–Crippen MR) is 219 cm³/mol. The SMILES string of the molecule is c1ccc(-c2nc3c(cc(N(c4ccc5c(c4)sc4ccccc45)c4ccc5c6ccccc6n(-c6ccccc6)c5c4)c4ccccc43)o2)cc1. The van der Waals surface area contributed by atoms with Crippen LogP contribution in [0.3, 0.4) is 0 Å². The van der Waals surface area contributed by atoms with Crippen LogP contribution in [0.25, 0.3) is 81.0 Å². The molecule has 0 aliphatic carbocycles. The number of benzene rings is 8. The maximum absolute atomic E-state index is 6.58. The summed E-state index contributed by atoms with van der Waals surface area (Å²) in [6, 6.07) is 62.6. The molecule has 3 aromatic heterocycles. The summed E-state index contributed by atoms with van der Waals surface area (Å²) in [5, 5.41) is 7.15. The molecule has 0 amide bonds. The zero-order valence-corrected chi connectivity index (χ0v) is 28.7. The zero-order valence-electron chi connectivity index (χ0n) is 27.9. The Hall–Kier alpha value is -6.69. The number of hydrogen-bond donors (Lipinski definition) is 0. The van der Waals surface area contributed by atoms with Gasteiger partial charge >= 0.3 is 0 Å². The summed E-state index contributed by atoms with van der Waals surface area (Å²) >= 11 is 1.84. The smallest absolute Gasteiger partial charge is 0.227 e. The number of anilines is 3. The van der Waals surface area contributed by atoms with Gasteiger partial charge in [0, 0.05) is 70.4 Å². The van der Waals surface area contributed by atoms with Gasteiger partial charge in [-0.15, -0.1) is 11.3 Å². The Bertz CT molecular complexity index is 3140. The highest BCUT2D eigenvalue weighted by atomic mass is 32.1. The lowest BCUT2D eigenvalue weighted by Crippen LogP contribution is -2.10. The number of oxazole rings is 1. The predicted octanol–water partition coefficient (Wildman–Crippen LogP) is 13.6. The zero-order chi connectivity index (χ0) is 34.2. The van der Waals surface area contributed by atoms with Crippen molar-refractivity contribution < 1.29 is 4.42 Å². The summed E-state index contributed by atoms with van der Waals surface area (Å²) in [4.78, 5) is 7.44. The fourth-order valence-corrected chi connectivity index (χ4v) is 9.00. The molecule has 0 bridgehead atoms. The van der Waals surface area contributed by atoms with E-state index in [1.807, 2.05) is 41.7 Å². The maximum atomic E-state index is 6.58. The Labute approximate surface area is 303 Å². The number of nitrogens with zero attached hydrogens (tertiary/aromatic N) is 3. The highest BCUT2D eigenvalue weighted by Gasteiger charge is 2.23. The van der Waals surface area contributed by atoms with Crippen LogP contribution >= 0.6 is 11.3 Å². The molecular weight excluding hydrogens is 655 g/mol. The minimum Gasteiger partial charge on any atom is -0.436 e. The van der Waals surface area contributed by atoms with Crippen molar-refractivity contribution in [3.63, 3.8) is 0 Å². The molecule has 52 heavy (non-hydrogen) atoms. The van der Waals surface area contributed by atoms with Crippen molar-refractivity contribution in [3.05, 3.63) is 176 Å². The fraction of sp³-hybridized carbons (Fsp3) is 0. The van der Waals surface area contributed by atoms with Gasteiger partial charge in [-0.25, -0.2) is 4.98 Å². The van der Waals surface area contributed by atoms with E-state index in [1.54, 1.807) is 0 Å². The van der Waals surface area contributed by atoms with Crippen LogP contribution in [0.5, 0.6) is 0 Å². The third kappa shape index (κ3) is 4.43. The monoisotopic (exact) mass is 683 g/mol. The lowest BCUT2D eigenvalue weighted by molar-refractivity contribution is 0.620. The minimum atomic E-state index is 0.616. The molecule has 0 aliphatic heterocycles. The first-order valence-electron chi connectivity index (χ1n) is 17.5. The van der Waals surface area contributed by atoms with E-state index in [4.69, 9.17) is 9.40 Å². The van der Waals surface area contributed by atoms with Crippen molar-refractivity contribution in [2.24, 2.45) is 0 Å². The third-order valence-corrected chi connectivity index (χ3v) is 11.3. The summed E-state index contributed by atoms with van der Waals surface area (Å²) in [6.45, 7) is 0. The molecule has 0 atom stereocenters. The molecule has 0 spiro atoms. The second-order valence-corrected chi connectivity index (χ2v) is 14.3. The summed E-state index contributed by atoms with van der Waals surface area (Å²) in [5.41, 5.74) is 9.18. The summed E-state index contributed by atoms with van der Waals surface area (Å²) in [6.07, 6.45) is 0. The van der Waals surface area contributed by atoms with Crippen molar-refractivity contribution in [2.45, 2.75) is 0 Å². The van der Waals surface area contributed by atoms with Gasteiger partial charge in [0.25, 0.3) is 0 Å². The van der Waals surface area contributed by atoms with E-state index < -0.39 is 0 Å². The molecule has 3 heterocycles. The van der Waals surface area contributed by atoms with E-state index in [9.17, 15) is 0 Å². The van der Waals surface area contributed by atoms with Crippen molar-refractivity contribution in [1.82, 2.24) is 9.55 Å². The van der Waals surface area contributed by atoms with Gasteiger partial charge in [-0.3, -0.25) is 0 Å². The van der Waals surface area contributed by atoms with Crippen LogP contribution < -0.4 is 4.90 Å². The van der Waals surface area contributed by atoms with E-state index in [-0.39, 0.29) is 0 Å². The van der Waals surface area contributed by atoms with Crippen LogP contribution in [0, 0.1) is 0 Å². The van der Waals surface area contributed by atoms with Gasteiger partial charge in [0.1, 0.15) is 5.52 Å². The number of fused-ring (bicyclic) bond motifs is 9. The first kappa shape index (κ1) is 29.1. The van der Waals surface area contributed by atoms with Crippen molar-refractivity contribution in [2.75, 3.05) is 4.90 Å². The van der Waals surface area contributed by atoms with Gasteiger partial charge in [0.15, 0.2) is 5.58 Å². The van der Waals surface area contributed by atoms with Crippen LogP contribution in [-0.4, -0.2) is 9.55 Å². The molecule has 0 N–H and O–H groups in total. The maximum Gasteiger partial charge on any atom is 0.227 e. The lowest BCUT2D eigenvalue weighted by atomic mass is 10.0. The van der Waals surface area contributed by atoms with Crippen LogP contribution in [0.1, 0.15) is 0 Å². The number of hydrogen-bond acceptors (Lipinski definition) is 4. The molecule has 0 saturated carbocycles. The van der Waals surface area contributed by atoms with Crippen LogP contribution in [0.15, 0.2) is 180 Å². The largest absolute Gasteiger partial charge is 0.436 e. The van der Waals surface area contributed by atoms with Crippen molar-refractivity contribution in [3.8, 4) is 17.1 Å². The second kappa shape index (κ2) is 11.4. The summed E-state index contributed by atoms with van der Waals surface area (Å²) in [5.74, 6) is 0.616. The van der Waals surface area contributed by atoms with Gasteiger partial charge in [0.2, 0.25) is 5.89 Å².